The van der Waals surface area contributed by atoms with Gasteiger partial charge in [0, 0.05) is 74.2 Å². The van der Waals surface area contributed by atoms with Crippen LogP contribution in [-0.4, -0.2) is 89.8 Å². The molecule has 216 valence electrons. The van der Waals surface area contributed by atoms with Crippen LogP contribution in [0.4, 0.5) is 11.6 Å². The highest BCUT2D eigenvalue weighted by atomic mass is 35.5. The molecule has 0 radical (unpaired) electrons. The molecule has 1 amide bonds. The average molecular weight is 582 g/mol. The minimum absolute atomic E-state index is 0.181. The van der Waals surface area contributed by atoms with Gasteiger partial charge in [0.05, 0.1) is 6.54 Å². The average Bonchev–Trinajstić information content (AvgIpc) is 3.02. The fourth-order valence-electron chi connectivity index (χ4n) is 5.55. The summed E-state index contributed by atoms with van der Waals surface area (Å²) in [6, 6.07) is 24.6. The number of rotatable bonds is 6. The molecule has 1 aromatic heterocycles. The first-order valence-corrected chi connectivity index (χ1v) is 15.0. The lowest BCUT2D eigenvalue weighted by molar-refractivity contribution is -0.132. The van der Waals surface area contributed by atoms with E-state index in [9.17, 15) is 4.79 Å². The van der Waals surface area contributed by atoms with E-state index in [0.29, 0.717) is 38.7 Å². The summed E-state index contributed by atoms with van der Waals surface area (Å²) >= 11 is 6.17. The maximum Gasteiger partial charge on any atom is 0.246 e. The minimum Gasteiger partial charge on any atom is -0.369 e. The Labute approximate surface area is 252 Å². The molecule has 3 aromatic carbocycles. The predicted octanol–water partition coefficient (Wildman–Crippen LogP) is 4.95. The molecule has 4 aromatic rings. The molecule has 42 heavy (non-hydrogen) atoms. The molecule has 0 saturated carbocycles. The number of benzene rings is 3. The van der Waals surface area contributed by atoms with Crippen molar-refractivity contribution < 1.29 is 4.79 Å². The van der Waals surface area contributed by atoms with Crippen LogP contribution in [0.3, 0.4) is 0 Å². The van der Waals surface area contributed by atoms with E-state index >= 15 is 0 Å². The predicted molar refractivity (Wildman–Crippen MR) is 169 cm³/mol. The third-order valence-corrected chi connectivity index (χ3v) is 8.38. The van der Waals surface area contributed by atoms with Gasteiger partial charge in [0.25, 0.3) is 0 Å². The molecule has 8 nitrogen and oxygen atoms in total. The van der Waals surface area contributed by atoms with Crippen molar-refractivity contribution in [2.24, 2.45) is 0 Å². The van der Waals surface area contributed by atoms with Crippen molar-refractivity contribution in [1.82, 2.24) is 25.0 Å². The molecule has 0 spiro atoms. The molecule has 2 aliphatic heterocycles. The van der Waals surface area contributed by atoms with Gasteiger partial charge in [0.15, 0.2) is 0 Å². The van der Waals surface area contributed by atoms with Crippen molar-refractivity contribution >= 4 is 29.1 Å². The number of anilines is 2. The second-order valence-electron chi connectivity index (χ2n) is 11.2. The van der Waals surface area contributed by atoms with Gasteiger partial charge in [-0.2, -0.15) is 0 Å². The van der Waals surface area contributed by atoms with Gasteiger partial charge in [-0.1, -0.05) is 77.3 Å². The Morgan fingerprint density at radius 3 is 1.93 bits per heavy atom. The third-order valence-electron chi connectivity index (χ3n) is 8.15. The first-order chi connectivity index (χ1) is 20.4. The van der Waals surface area contributed by atoms with Crippen LogP contribution in [0.1, 0.15) is 11.1 Å². The van der Waals surface area contributed by atoms with Crippen LogP contribution in [0.15, 0.2) is 72.8 Å². The lowest BCUT2D eigenvalue weighted by Gasteiger charge is -2.38. The highest BCUT2D eigenvalue weighted by molar-refractivity contribution is 6.30. The second kappa shape index (κ2) is 12.5. The summed E-state index contributed by atoms with van der Waals surface area (Å²) in [6.07, 6.45) is 0. The smallest absolute Gasteiger partial charge is 0.246 e. The SMILES string of the molecule is Cc1ccc(-c2nnc(N3CCN(C(=O)CN4CCN(c5cccc(Cl)c5)CC4)CC3)nc2-c2ccc(C)cc2)cc1. The fraction of sp³-hybridized carbons (Fsp3) is 0.333. The number of hydrogen-bond acceptors (Lipinski definition) is 7. The van der Waals surface area contributed by atoms with Crippen molar-refractivity contribution in [3.63, 3.8) is 0 Å². The van der Waals surface area contributed by atoms with Gasteiger partial charge in [-0.3, -0.25) is 9.69 Å². The molecule has 2 fully saturated rings. The van der Waals surface area contributed by atoms with E-state index in [1.54, 1.807) is 0 Å². The van der Waals surface area contributed by atoms with Crippen molar-refractivity contribution in [1.29, 1.82) is 0 Å². The van der Waals surface area contributed by atoms with Gasteiger partial charge in [-0.25, -0.2) is 4.98 Å². The summed E-state index contributed by atoms with van der Waals surface area (Å²) in [5.74, 6) is 0.783. The van der Waals surface area contributed by atoms with Gasteiger partial charge in [0.1, 0.15) is 11.4 Å². The number of amides is 1. The van der Waals surface area contributed by atoms with Crippen molar-refractivity contribution in [3.8, 4) is 22.5 Å². The number of hydrogen-bond donors (Lipinski definition) is 0. The Morgan fingerprint density at radius 2 is 1.31 bits per heavy atom. The van der Waals surface area contributed by atoms with Gasteiger partial charge >= 0.3 is 0 Å². The van der Waals surface area contributed by atoms with E-state index in [-0.39, 0.29) is 5.91 Å². The zero-order valence-corrected chi connectivity index (χ0v) is 25.0. The van der Waals surface area contributed by atoms with Crippen LogP contribution in [-0.2, 0) is 4.79 Å². The van der Waals surface area contributed by atoms with Crippen molar-refractivity contribution in [3.05, 3.63) is 88.9 Å². The van der Waals surface area contributed by atoms with Gasteiger partial charge < -0.3 is 14.7 Å². The Hall–Kier alpha value is -4.01. The second-order valence-corrected chi connectivity index (χ2v) is 11.6. The third kappa shape index (κ3) is 6.40. The molecule has 0 N–H and O–H groups in total. The Morgan fingerprint density at radius 1 is 0.714 bits per heavy atom. The number of nitrogens with zero attached hydrogens (tertiary/aromatic N) is 7. The van der Waals surface area contributed by atoms with Crippen LogP contribution in [0.5, 0.6) is 0 Å². The summed E-state index contributed by atoms with van der Waals surface area (Å²) in [5.41, 5.74) is 7.12. The zero-order chi connectivity index (χ0) is 29.1. The highest BCUT2D eigenvalue weighted by Crippen LogP contribution is 2.30. The largest absolute Gasteiger partial charge is 0.369 e. The van der Waals surface area contributed by atoms with E-state index in [1.807, 2.05) is 23.1 Å². The summed E-state index contributed by atoms with van der Waals surface area (Å²) in [4.78, 5) is 26.9. The monoisotopic (exact) mass is 581 g/mol. The van der Waals surface area contributed by atoms with Gasteiger partial charge in [0.2, 0.25) is 11.9 Å². The molecular formula is C33H36ClN7O. The van der Waals surface area contributed by atoms with E-state index < -0.39 is 0 Å². The molecule has 0 aliphatic carbocycles. The zero-order valence-electron chi connectivity index (χ0n) is 24.2. The summed E-state index contributed by atoms with van der Waals surface area (Å²) in [7, 11) is 0. The topological polar surface area (TPSA) is 68.7 Å². The molecule has 9 heteroatoms. The van der Waals surface area contributed by atoms with Crippen LogP contribution in [0.2, 0.25) is 5.02 Å². The lowest BCUT2D eigenvalue weighted by Crippen LogP contribution is -2.54. The van der Waals surface area contributed by atoms with Crippen LogP contribution in [0.25, 0.3) is 22.5 Å². The Bertz CT molecular complexity index is 1530. The first-order valence-electron chi connectivity index (χ1n) is 14.6. The number of carbonyl (C=O) groups is 1. The van der Waals surface area contributed by atoms with Crippen molar-refractivity contribution in [2.75, 3.05) is 68.7 Å². The van der Waals surface area contributed by atoms with E-state index in [0.717, 1.165) is 59.4 Å². The van der Waals surface area contributed by atoms with Crippen LogP contribution < -0.4 is 9.80 Å². The molecule has 0 bridgehead atoms. The standard InChI is InChI=1S/C33H36ClN7O/c1-24-6-10-26(11-7-24)31-32(27-12-8-25(2)9-13-27)36-37-33(35-31)41-20-18-40(19-21-41)30(42)23-38-14-16-39(17-15-38)29-5-3-4-28(34)22-29/h3-13,22H,14-21,23H2,1-2H3. The van der Waals surface area contributed by atoms with Gasteiger partial charge in [-0.15, -0.1) is 10.2 Å². The minimum atomic E-state index is 0.181. The summed E-state index contributed by atoms with van der Waals surface area (Å²) in [5, 5.41) is 9.96. The first kappa shape index (κ1) is 28.1. The number of piperazine rings is 2. The quantitative estimate of drug-likeness (QED) is 0.319. The van der Waals surface area contributed by atoms with E-state index in [2.05, 4.69) is 93.3 Å². The maximum absolute atomic E-state index is 13.2. The number of aromatic nitrogens is 3. The molecule has 0 atom stereocenters. The number of carbonyl (C=O) groups excluding carboxylic acids is 1. The normalized spacial score (nSPS) is 16.1. The maximum atomic E-state index is 13.2. The van der Waals surface area contributed by atoms with Crippen molar-refractivity contribution in [2.45, 2.75) is 13.8 Å². The van der Waals surface area contributed by atoms with Crippen LogP contribution >= 0.6 is 11.6 Å². The molecule has 2 saturated heterocycles. The summed E-state index contributed by atoms with van der Waals surface area (Å²) < 4.78 is 0. The van der Waals surface area contributed by atoms with Gasteiger partial charge in [-0.05, 0) is 32.0 Å². The highest BCUT2D eigenvalue weighted by Gasteiger charge is 2.27. The number of aryl methyl sites for hydroxylation is 2. The molecule has 6 rings (SSSR count). The molecule has 0 unspecified atom stereocenters. The lowest BCUT2D eigenvalue weighted by atomic mass is 10.0. The fourth-order valence-corrected chi connectivity index (χ4v) is 5.74. The van der Waals surface area contributed by atoms with E-state index in [1.165, 1.54) is 11.1 Å². The Balaban J connectivity index is 1.09. The van der Waals surface area contributed by atoms with Crippen LogP contribution in [0, 0.1) is 13.8 Å². The Kier molecular flexibility index (Phi) is 8.35. The molecular weight excluding hydrogens is 546 g/mol. The van der Waals surface area contributed by atoms with E-state index in [4.69, 9.17) is 16.6 Å². The summed E-state index contributed by atoms with van der Waals surface area (Å²) in [6.45, 7) is 10.7. The molecule has 2 aliphatic rings. The molecule has 3 heterocycles. The number of halogens is 1.